The third-order valence-electron chi connectivity index (χ3n) is 10.2. The number of allylic oxidation sites excluding steroid dienone is 14. The van der Waals surface area contributed by atoms with Crippen LogP contribution in [0.15, 0.2) is 97.2 Å². The molecule has 1 aliphatic rings. The van der Waals surface area contributed by atoms with Gasteiger partial charge in [-0.25, -0.2) is 9.13 Å². The molecule has 1 aliphatic carbocycles. The van der Waals surface area contributed by atoms with Crippen molar-refractivity contribution in [3.8, 4) is 0 Å². The normalized spacial score (nSPS) is 22.6. The second-order valence-corrected chi connectivity index (χ2v) is 18.9. The number of carbonyl (C=O) groups is 2. The highest BCUT2D eigenvalue weighted by Gasteiger charge is 2.54. The second kappa shape index (κ2) is 38.6. The highest BCUT2D eigenvalue weighted by Crippen LogP contribution is 2.49. The molecule has 0 spiro atoms. The molecule has 9 atom stereocenters. The quantitative estimate of drug-likeness (QED) is 0.00953. The minimum atomic E-state index is -5.39. The van der Waals surface area contributed by atoms with E-state index in [1.54, 1.807) is 12.2 Å². The topological polar surface area (TPSA) is 276 Å². The van der Waals surface area contributed by atoms with Crippen LogP contribution in [0.2, 0.25) is 0 Å². The van der Waals surface area contributed by atoms with Crippen LogP contribution in [-0.2, 0) is 41.8 Å². The molecule has 68 heavy (non-hydrogen) atoms. The molecule has 0 saturated heterocycles. The van der Waals surface area contributed by atoms with Crippen LogP contribution in [0.1, 0.15) is 136 Å². The fourth-order valence-electron chi connectivity index (χ4n) is 6.50. The summed E-state index contributed by atoms with van der Waals surface area (Å²) in [6.07, 6.45) is 31.0. The summed E-state index contributed by atoms with van der Waals surface area (Å²) in [5.41, 5.74) is 0. The lowest BCUT2D eigenvalue weighted by Gasteiger charge is -2.43. The molecule has 388 valence electrons. The highest BCUT2D eigenvalue weighted by molar-refractivity contribution is 7.47. The number of phosphoric ester groups is 2. The van der Waals surface area contributed by atoms with Crippen molar-refractivity contribution in [2.24, 2.45) is 0 Å². The van der Waals surface area contributed by atoms with Crippen LogP contribution >= 0.6 is 15.6 Å². The van der Waals surface area contributed by atoms with Crippen molar-refractivity contribution in [3.63, 3.8) is 0 Å². The standard InChI is InChI=1S/C49H80O17P2/c1-3-5-7-9-11-12-13-14-15-16-17-18-19-20-25-29-33-37-43(52)64-41(39-63-68(60,61)66-49-46(55)44(53)45(54)48(47(49)56)65-67(57,58)59)38-62-42(51)36-32-28-24-22-21-23-27-31-35-40(50)34-30-26-10-8-6-4-2/h5,7,11-12,14-15,17-18,22-24,26-27,30-31,35,40-41,44-50,53-56H,3-4,6,8-10,13,16,19-21,25,28-29,32-34,36-39H2,1-2H3,(H,60,61)(H2,57,58,59)/b7-5-,12-11-,15-14-,18-17-,24-22-,27-23-,30-26-,35-31+/t40-,41-,44?,45?,46?,47?,48-,49+/m1/s1. The number of unbranched alkanes of at least 4 members (excludes halogenated alkanes) is 8. The molecule has 0 aromatic heterocycles. The van der Waals surface area contributed by atoms with Crippen molar-refractivity contribution in [1.29, 1.82) is 0 Å². The molecule has 17 nitrogen and oxygen atoms in total. The molecule has 19 heteroatoms. The van der Waals surface area contributed by atoms with E-state index < -0.39 is 89.6 Å². The van der Waals surface area contributed by atoms with Gasteiger partial charge in [-0.05, 0) is 83.5 Å². The van der Waals surface area contributed by atoms with Gasteiger partial charge in [-0.1, -0.05) is 137 Å². The van der Waals surface area contributed by atoms with E-state index in [2.05, 4.69) is 73.1 Å². The first-order chi connectivity index (χ1) is 32.5. The zero-order valence-electron chi connectivity index (χ0n) is 39.9. The Balaban J connectivity index is 2.68. The Morgan fingerprint density at radius 3 is 1.71 bits per heavy atom. The van der Waals surface area contributed by atoms with Crippen LogP contribution in [0, 0.1) is 0 Å². The van der Waals surface area contributed by atoms with Gasteiger partial charge in [0.1, 0.15) is 43.2 Å². The van der Waals surface area contributed by atoms with Crippen LogP contribution in [0.5, 0.6) is 0 Å². The van der Waals surface area contributed by atoms with Gasteiger partial charge in [0, 0.05) is 12.8 Å². The minimum absolute atomic E-state index is 0.00137. The number of ether oxygens (including phenoxy) is 2. The van der Waals surface area contributed by atoms with E-state index >= 15 is 0 Å². The monoisotopic (exact) mass is 1000 g/mol. The molecule has 0 amide bonds. The highest BCUT2D eigenvalue weighted by atomic mass is 31.2. The Bertz CT molecular complexity index is 1700. The van der Waals surface area contributed by atoms with Crippen molar-refractivity contribution in [2.75, 3.05) is 13.2 Å². The van der Waals surface area contributed by atoms with Crippen molar-refractivity contribution >= 4 is 27.6 Å². The van der Waals surface area contributed by atoms with Crippen LogP contribution in [-0.4, -0.2) is 114 Å². The fraction of sp³-hybridized carbons (Fsp3) is 0.633. The van der Waals surface area contributed by atoms with Crippen molar-refractivity contribution in [3.05, 3.63) is 97.2 Å². The average Bonchev–Trinajstić information content (AvgIpc) is 3.29. The predicted octanol–water partition coefficient (Wildman–Crippen LogP) is 8.14. The molecule has 1 fully saturated rings. The zero-order valence-corrected chi connectivity index (χ0v) is 41.6. The summed E-state index contributed by atoms with van der Waals surface area (Å²) in [7, 11) is -10.7. The van der Waals surface area contributed by atoms with E-state index in [1.165, 1.54) is 12.8 Å². The van der Waals surface area contributed by atoms with Gasteiger partial charge in [-0.3, -0.25) is 23.2 Å². The van der Waals surface area contributed by atoms with Gasteiger partial charge in [0.25, 0.3) is 0 Å². The lowest BCUT2D eigenvalue weighted by molar-refractivity contribution is -0.216. The number of carbonyl (C=O) groups excluding carboxylic acids is 2. The maximum absolute atomic E-state index is 13.0. The maximum atomic E-state index is 13.0. The number of phosphoric acid groups is 2. The lowest BCUT2D eigenvalue weighted by Crippen LogP contribution is -2.64. The number of rotatable bonds is 38. The molecular weight excluding hydrogens is 922 g/mol. The maximum Gasteiger partial charge on any atom is 0.472 e. The second-order valence-electron chi connectivity index (χ2n) is 16.3. The van der Waals surface area contributed by atoms with Gasteiger partial charge < -0.3 is 49.7 Å². The lowest BCUT2D eigenvalue weighted by atomic mass is 9.85. The Morgan fingerprint density at radius 2 is 1.09 bits per heavy atom. The Kier molecular flexibility index (Phi) is 35.7. The van der Waals surface area contributed by atoms with Gasteiger partial charge in [0.2, 0.25) is 0 Å². The molecule has 0 heterocycles. The third-order valence-corrected chi connectivity index (χ3v) is 11.7. The molecule has 1 rings (SSSR count). The summed E-state index contributed by atoms with van der Waals surface area (Å²) in [6.45, 7) is 2.81. The van der Waals surface area contributed by atoms with Gasteiger partial charge in [-0.15, -0.1) is 0 Å². The smallest absolute Gasteiger partial charge is 0.462 e. The summed E-state index contributed by atoms with van der Waals surface area (Å²) in [6, 6.07) is 0. The molecule has 0 radical (unpaired) electrons. The first kappa shape index (κ1) is 62.9. The van der Waals surface area contributed by atoms with Crippen LogP contribution in [0.25, 0.3) is 0 Å². The Hall–Kier alpha value is -3.12. The van der Waals surface area contributed by atoms with Gasteiger partial charge >= 0.3 is 27.6 Å². The average molecular weight is 1000 g/mol. The fourth-order valence-corrected chi connectivity index (χ4v) is 8.04. The van der Waals surface area contributed by atoms with Crippen LogP contribution in [0.4, 0.5) is 0 Å². The van der Waals surface area contributed by atoms with E-state index in [1.807, 2.05) is 30.4 Å². The van der Waals surface area contributed by atoms with E-state index in [0.717, 1.165) is 64.2 Å². The third kappa shape index (κ3) is 32.6. The Labute approximate surface area is 403 Å². The number of hydrogen-bond acceptors (Lipinski definition) is 14. The molecule has 5 unspecified atom stereocenters. The van der Waals surface area contributed by atoms with Gasteiger partial charge in [0.05, 0.1) is 12.7 Å². The predicted molar refractivity (Wildman–Crippen MR) is 261 cm³/mol. The number of hydrogen-bond donors (Lipinski definition) is 8. The SMILES string of the molecule is CC/C=C\C/C=C\C/C=C\C/C=C\CCCCCCC(=O)O[C@H](COC(=O)CCC/C=C\C/C=C\C=C\[C@H](O)C/C=C\CCCCC)COP(=O)(O)O[C@H]1C(O)C(O)C(O)[C@@H](OP(=O)(O)O)C1O. The van der Waals surface area contributed by atoms with Crippen LogP contribution < -0.4 is 0 Å². The first-order valence-corrected chi connectivity index (χ1v) is 26.9. The summed E-state index contributed by atoms with van der Waals surface area (Å²) in [5.74, 6) is -1.35. The molecular formula is C49H80O17P2. The van der Waals surface area contributed by atoms with Gasteiger partial charge in [0.15, 0.2) is 6.10 Å². The number of aliphatic hydroxyl groups is 5. The summed E-state index contributed by atoms with van der Waals surface area (Å²) in [5, 5.41) is 51.3. The summed E-state index contributed by atoms with van der Waals surface area (Å²) >= 11 is 0. The molecule has 0 bridgehead atoms. The first-order valence-electron chi connectivity index (χ1n) is 23.9. The van der Waals surface area contributed by atoms with Gasteiger partial charge in [-0.2, -0.15) is 0 Å². The molecule has 0 aliphatic heterocycles. The molecule has 1 saturated carbocycles. The molecule has 8 N–H and O–H groups in total. The zero-order chi connectivity index (χ0) is 50.5. The van der Waals surface area contributed by atoms with E-state index in [4.69, 9.17) is 18.5 Å². The van der Waals surface area contributed by atoms with E-state index in [0.29, 0.717) is 32.1 Å². The van der Waals surface area contributed by atoms with E-state index in [-0.39, 0.29) is 12.8 Å². The van der Waals surface area contributed by atoms with Crippen LogP contribution in [0.3, 0.4) is 0 Å². The summed E-state index contributed by atoms with van der Waals surface area (Å²) < 4.78 is 49.3. The molecule has 0 aromatic rings. The number of aliphatic hydroxyl groups excluding tert-OH is 5. The molecule has 0 aromatic carbocycles. The van der Waals surface area contributed by atoms with E-state index in [9.17, 15) is 58.9 Å². The number of esters is 2. The minimum Gasteiger partial charge on any atom is -0.462 e. The Morgan fingerprint density at radius 1 is 0.559 bits per heavy atom. The van der Waals surface area contributed by atoms with Crippen molar-refractivity contribution in [1.82, 2.24) is 0 Å². The largest absolute Gasteiger partial charge is 0.472 e. The summed E-state index contributed by atoms with van der Waals surface area (Å²) in [4.78, 5) is 54.3. The van der Waals surface area contributed by atoms with Crippen molar-refractivity contribution < 1.29 is 82.0 Å². The van der Waals surface area contributed by atoms with Crippen molar-refractivity contribution in [2.45, 2.75) is 185 Å².